The van der Waals surface area contributed by atoms with Gasteiger partial charge >= 0.3 is 0 Å². The van der Waals surface area contributed by atoms with Gasteiger partial charge in [0.15, 0.2) is 17.5 Å². The van der Waals surface area contributed by atoms with Crippen molar-refractivity contribution in [2.45, 2.75) is 0 Å². The van der Waals surface area contributed by atoms with E-state index in [1.165, 1.54) is 30.5 Å². The lowest BCUT2D eigenvalue weighted by molar-refractivity contribution is -0.112. The smallest absolute Gasteiger partial charge is 0.296 e. The van der Waals surface area contributed by atoms with E-state index in [0.717, 1.165) is 12.1 Å². The number of aromatic nitrogens is 2. The van der Waals surface area contributed by atoms with E-state index in [1.807, 2.05) is 0 Å². The van der Waals surface area contributed by atoms with Crippen molar-refractivity contribution in [2.75, 3.05) is 5.32 Å². The first-order valence-corrected chi connectivity index (χ1v) is 7.79. The molecule has 27 heavy (non-hydrogen) atoms. The molecule has 8 heteroatoms. The first kappa shape index (κ1) is 18.1. The maximum absolute atomic E-state index is 13.2. The van der Waals surface area contributed by atoms with Gasteiger partial charge in [-0.3, -0.25) is 14.4 Å². The van der Waals surface area contributed by atoms with Crippen LogP contribution >= 0.6 is 0 Å². The molecule has 2 aromatic carbocycles. The summed E-state index contributed by atoms with van der Waals surface area (Å²) in [5.74, 6) is -4.38. The summed E-state index contributed by atoms with van der Waals surface area (Å²) in [6.07, 6.45) is 3.15. The van der Waals surface area contributed by atoms with Gasteiger partial charge in [-0.2, -0.15) is 0 Å². The maximum atomic E-state index is 13.2. The zero-order chi connectivity index (χ0) is 19.6. The molecule has 0 aliphatic carbocycles. The van der Waals surface area contributed by atoms with Crippen LogP contribution in [0.1, 0.15) is 26.5 Å². The number of hydrogen-bond donors (Lipinski definition) is 1. The number of hydrogen-bond acceptors (Lipinski definition) is 4. The van der Waals surface area contributed by atoms with Gasteiger partial charge in [0, 0.05) is 36.3 Å². The fraction of sp³-hybridized carbons (Fsp3) is 0.0526. The molecular formula is C19H13F2N3O3. The Labute approximate surface area is 152 Å². The number of aryl methyl sites for hydroxylation is 1. The van der Waals surface area contributed by atoms with Crippen LogP contribution in [0, 0.1) is 11.6 Å². The van der Waals surface area contributed by atoms with Crippen molar-refractivity contribution < 1.29 is 23.2 Å². The van der Waals surface area contributed by atoms with Crippen LogP contribution in [-0.2, 0) is 11.8 Å². The molecule has 3 rings (SSSR count). The van der Waals surface area contributed by atoms with E-state index < -0.39 is 23.3 Å². The van der Waals surface area contributed by atoms with Crippen molar-refractivity contribution >= 4 is 23.2 Å². The van der Waals surface area contributed by atoms with Gasteiger partial charge in [0.2, 0.25) is 5.78 Å². The number of nitrogens with zero attached hydrogens (tertiary/aromatic N) is 2. The van der Waals surface area contributed by atoms with Gasteiger partial charge in [-0.05, 0) is 42.5 Å². The van der Waals surface area contributed by atoms with Crippen LogP contribution in [-0.4, -0.2) is 27.0 Å². The number of halogens is 2. The second kappa shape index (κ2) is 7.28. The summed E-state index contributed by atoms with van der Waals surface area (Å²) >= 11 is 0. The van der Waals surface area contributed by atoms with Crippen LogP contribution < -0.4 is 5.32 Å². The fourth-order valence-corrected chi connectivity index (χ4v) is 2.37. The Balaban J connectivity index is 1.71. The minimum Gasteiger partial charge on any atom is -0.331 e. The number of imidazole rings is 1. The van der Waals surface area contributed by atoms with E-state index in [-0.39, 0.29) is 22.9 Å². The van der Waals surface area contributed by atoms with E-state index in [1.54, 1.807) is 17.8 Å². The molecule has 6 nitrogen and oxygen atoms in total. The summed E-state index contributed by atoms with van der Waals surface area (Å²) in [6.45, 7) is 0. The van der Waals surface area contributed by atoms with Crippen molar-refractivity contribution in [1.82, 2.24) is 9.55 Å². The van der Waals surface area contributed by atoms with Crippen LogP contribution in [0.5, 0.6) is 0 Å². The quantitative estimate of drug-likeness (QED) is 0.554. The molecule has 0 aliphatic heterocycles. The van der Waals surface area contributed by atoms with E-state index in [2.05, 4.69) is 10.3 Å². The first-order chi connectivity index (χ1) is 12.9. The highest BCUT2D eigenvalue weighted by molar-refractivity contribution is 6.46. The second-order valence-electron chi connectivity index (χ2n) is 5.68. The lowest BCUT2D eigenvalue weighted by Gasteiger charge is -2.06. The van der Waals surface area contributed by atoms with E-state index in [0.29, 0.717) is 11.6 Å². The Morgan fingerprint density at radius 3 is 2.22 bits per heavy atom. The van der Waals surface area contributed by atoms with Crippen LogP contribution in [0.25, 0.3) is 0 Å². The molecule has 0 saturated heterocycles. The molecule has 0 aliphatic rings. The molecule has 0 saturated carbocycles. The third-order valence-electron chi connectivity index (χ3n) is 3.82. The normalized spacial score (nSPS) is 10.5. The van der Waals surface area contributed by atoms with Gasteiger partial charge in [0.05, 0.1) is 0 Å². The predicted molar refractivity (Wildman–Crippen MR) is 92.4 cm³/mol. The summed E-state index contributed by atoms with van der Waals surface area (Å²) in [5.41, 5.74) is 0.356. The van der Waals surface area contributed by atoms with Gasteiger partial charge in [-0.25, -0.2) is 13.8 Å². The van der Waals surface area contributed by atoms with Crippen molar-refractivity contribution in [3.8, 4) is 0 Å². The standard InChI is InChI=1S/C19H13F2N3O3/c1-24-9-8-22-18(24)16(25)11-2-5-13(6-3-11)23-19(27)17(26)12-4-7-14(20)15(21)10-12/h2-10H,1H3,(H,23,27). The number of benzene rings is 2. The lowest BCUT2D eigenvalue weighted by atomic mass is 10.1. The van der Waals surface area contributed by atoms with Crippen LogP contribution in [0.15, 0.2) is 54.9 Å². The average molecular weight is 369 g/mol. The molecule has 0 unspecified atom stereocenters. The maximum Gasteiger partial charge on any atom is 0.296 e. The zero-order valence-electron chi connectivity index (χ0n) is 14.1. The van der Waals surface area contributed by atoms with Crippen LogP contribution in [0.2, 0.25) is 0 Å². The number of carbonyl (C=O) groups is 3. The fourth-order valence-electron chi connectivity index (χ4n) is 2.37. The molecule has 1 heterocycles. The lowest BCUT2D eigenvalue weighted by Crippen LogP contribution is -2.23. The highest BCUT2D eigenvalue weighted by Gasteiger charge is 2.19. The average Bonchev–Trinajstić information content (AvgIpc) is 3.09. The topological polar surface area (TPSA) is 81.1 Å². The first-order valence-electron chi connectivity index (χ1n) is 7.79. The van der Waals surface area contributed by atoms with Crippen LogP contribution in [0.4, 0.5) is 14.5 Å². The number of nitrogens with one attached hydrogen (secondary N) is 1. The molecule has 0 atom stereocenters. The van der Waals surface area contributed by atoms with Gasteiger partial charge in [-0.1, -0.05) is 0 Å². The molecular weight excluding hydrogens is 356 g/mol. The number of Topliss-reactive ketones (excluding diaryl/α,β-unsaturated/α-hetero) is 1. The third kappa shape index (κ3) is 3.79. The molecule has 0 fully saturated rings. The molecule has 1 N–H and O–H groups in total. The van der Waals surface area contributed by atoms with Gasteiger partial charge < -0.3 is 9.88 Å². The Morgan fingerprint density at radius 2 is 1.63 bits per heavy atom. The Hall–Kier alpha value is -3.68. The number of anilines is 1. The zero-order valence-corrected chi connectivity index (χ0v) is 14.1. The third-order valence-corrected chi connectivity index (χ3v) is 3.82. The SMILES string of the molecule is Cn1ccnc1C(=O)c1ccc(NC(=O)C(=O)c2ccc(F)c(F)c2)cc1. The minimum atomic E-state index is -1.22. The van der Waals surface area contributed by atoms with Gasteiger partial charge in [0.25, 0.3) is 11.7 Å². The molecule has 0 bridgehead atoms. The van der Waals surface area contributed by atoms with Crippen molar-refractivity contribution in [3.63, 3.8) is 0 Å². The molecule has 136 valence electrons. The monoisotopic (exact) mass is 369 g/mol. The number of amides is 1. The Morgan fingerprint density at radius 1 is 0.963 bits per heavy atom. The largest absolute Gasteiger partial charge is 0.331 e. The Bertz CT molecular complexity index is 1040. The second-order valence-corrected chi connectivity index (χ2v) is 5.68. The summed E-state index contributed by atoms with van der Waals surface area (Å²) in [4.78, 5) is 40.3. The van der Waals surface area contributed by atoms with Crippen molar-refractivity contribution in [3.05, 3.63) is 83.4 Å². The van der Waals surface area contributed by atoms with Crippen molar-refractivity contribution in [2.24, 2.45) is 7.05 Å². The Kier molecular flexibility index (Phi) is 4.89. The minimum absolute atomic E-state index is 0.264. The molecule has 3 aromatic rings. The number of carbonyl (C=O) groups excluding carboxylic acids is 3. The highest BCUT2D eigenvalue weighted by Crippen LogP contribution is 2.14. The molecule has 1 amide bonds. The summed E-state index contributed by atoms with van der Waals surface area (Å²) in [6, 6.07) is 8.32. The van der Waals surface area contributed by atoms with Crippen LogP contribution in [0.3, 0.4) is 0 Å². The number of rotatable bonds is 5. The molecule has 0 radical (unpaired) electrons. The summed E-state index contributed by atoms with van der Waals surface area (Å²) < 4.78 is 27.7. The highest BCUT2D eigenvalue weighted by atomic mass is 19.2. The molecule has 0 spiro atoms. The molecule has 1 aromatic heterocycles. The summed E-state index contributed by atoms with van der Waals surface area (Å²) in [5, 5.41) is 2.35. The van der Waals surface area contributed by atoms with Gasteiger partial charge in [-0.15, -0.1) is 0 Å². The van der Waals surface area contributed by atoms with Gasteiger partial charge in [0.1, 0.15) is 0 Å². The predicted octanol–water partition coefficient (Wildman–Crippen LogP) is 2.75. The summed E-state index contributed by atoms with van der Waals surface area (Å²) in [7, 11) is 1.69. The van der Waals surface area contributed by atoms with Crippen molar-refractivity contribution in [1.29, 1.82) is 0 Å². The number of ketones is 2. The van der Waals surface area contributed by atoms with E-state index >= 15 is 0 Å². The van der Waals surface area contributed by atoms with E-state index in [4.69, 9.17) is 0 Å². The van der Waals surface area contributed by atoms with E-state index in [9.17, 15) is 23.2 Å².